The van der Waals surface area contributed by atoms with Crippen molar-refractivity contribution in [3.05, 3.63) is 55.2 Å². The van der Waals surface area contributed by atoms with Crippen LogP contribution in [0.4, 0.5) is 11.4 Å². The number of nitrogens with two attached hydrogens (primary N) is 1. The number of carbonyl (C=O) groups excluding carboxylic acids is 1. The molecule has 0 bridgehead atoms. The van der Waals surface area contributed by atoms with Gasteiger partial charge in [0, 0.05) is 23.1 Å². The first-order valence-corrected chi connectivity index (χ1v) is 6.73. The second kappa shape index (κ2) is 5.89. The normalized spacial score (nSPS) is 10.2. The van der Waals surface area contributed by atoms with Crippen molar-refractivity contribution in [3.8, 4) is 0 Å². The summed E-state index contributed by atoms with van der Waals surface area (Å²) in [4.78, 5) is 22.5. The van der Waals surface area contributed by atoms with E-state index in [9.17, 15) is 14.9 Å². The summed E-state index contributed by atoms with van der Waals surface area (Å²) in [5.74, 6) is -0.637. The molecule has 1 amide bonds. The summed E-state index contributed by atoms with van der Waals surface area (Å²) in [5.41, 5.74) is 5.51. The van der Waals surface area contributed by atoms with Crippen LogP contribution in [0.5, 0.6) is 0 Å². The molecule has 0 saturated carbocycles. The number of nitrogens with one attached hydrogen (secondary N) is 1. The maximum atomic E-state index is 11.1. The molecule has 104 valence electrons. The number of hydrogen-bond acceptors (Lipinski definition) is 5. The Morgan fingerprint density at radius 2 is 2.15 bits per heavy atom. The monoisotopic (exact) mass is 311 g/mol. The summed E-state index contributed by atoms with van der Waals surface area (Å²) < 4.78 is 0.641. The number of anilines is 1. The van der Waals surface area contributed by atoms with Gasteiger partial charge < -0.3 is 11.1 Å². The van der Waals surface area contributed by atoms with E-state index in [0.29, 0.717) is 10.9 Å². The molecule has 0 fully saturated rings. The van der Waals surface area contributed by atoms with E-state index < -0.39 is 10.8 Å². The summed E-state index contributed by atoms with van der Waals surface area (Å²) in [5, 5.41) is 13.9. The number of nitro groups is 1. The van der Waals surface area contributed by atoms with Crippen LogP contribution in [0, 0.1) is 10.1 Å². The van der Waals surface area contributed by atoms with Crippen LogP contribution in [-0.2, 0) is 6.54 Å². The third-order valence-electron chi connectivity index (χ3n) is 2.56. The molecule has 2 rings (SSSR count). The number of amides is 1. The molecular formula is C12H10ClN3O3S. The number of halogens is 1. The lowest BCUT2D eigenvalue weighted by Crippen LogP contribution is -2.12. The third kappa shape index (κ3) is 3.25. The Kier molecular flexibility index (Phi) is 4.21. The van der Waals surface area contributed by atoms with Crippen molar-refractivity contribution < 1.29 is 9.72 Å². The van der Waals surface area contributed by atoms with Gasteiger partial charge in [-0.3, -0.25) is 14.9 Å². The van der Waals surface area contributed by atoms with Crippen LogP contribution in [0.15, 0.2) is 30.3 Å². The zero-order valence-electron chi connectivity index (χ0n) is 10.1. The lowest BCUT2D eigenvalue weighted by atomic mass is 10.1. The number of benzene rings is 1. The number of primary amides is 1. The quantitative estimate of drug-likeness (QED) is 0.655. The third-order valence-corrected chi connectivity index (χ3v) is 3.79. The first-order valence-electron chi connectivity index (χ1n) is 5.53. The maximum Gasteiger partial charge on any atom is 0.292 e. The molecule has 20 heavy (non-hydrogen) atoms. The van der Waals surface area contributed by atoms with E-state index in [0.717, 1.165) is 4.88 Å². The first-order chi connectivity index (χ1) is 9.47. The molecular weight excluding hydrogens is 302 g/mol. The standard InChI is InChI=1S/C12H10ClN3O3S/c13-11-4-2-8(20-11)6-15-9-5-7(12(14)17)1-3-10(9)16(18)19/h1-5,15H,6H2,(H2,14,17). The molecule has 0 saturated heterocycles. The fourth-order valence-corrected chi connectivity index (χ4v) is 2.65. The number of rotatable bonds is 5. The molecule has 3 N–H and O–H groups in total. The van der Waals surface area contributed by atoms with E-state index in [4.69, 9.17) is 17.3 Å². The van der Waals surface area contributed by atoms with E-state index in [2.05, 4.69) is 5.32 Å². The van der Waals surface area contributed by atoms with Crippen molar-refractivity contribution in [2.75, 3.05) is 5.32 Å². The van der Waals surface area contributed by atoms with E-state index in [1.54, 1.807) is 6.07 Å². The van der Waals surface area contributed by atoms with Gasteiger partial charge >= 0.3 is 0 Å². The Hall–Kier alpha value is -2.12. The van der Waals surface area contributed by atoms with Crippen molar-refractivity contribution in [2.45, 2.75) is 6.54 Å². The molecule has 1 aromatic heterocycles. The lowest BCUT2D eigenvalue weighted by Gasteiger charge is -2.07. The van der Waals surface area contributed by atoms with Crippen LogP contribution in [0.1, 0.15) is 15.2 Å². The number of thiophene rings is 1. The van der Waals surface area contributed by atoms with Gasteiger partial charge in [-0.15, -0.1) is 11.3 Å². The van der Waals surface area contributed by atoms with Crippen LogP contribution < -0.4 is 11.1 Å². The van der Waals surface area contributed by atoms with Crippen molar-refractivity contribution in [1.82, 2.24) is 0 Å². The Labute approximate surface area is 123 Å². The predicted octanol–water partition coefficient (Wildman–Crippen LogP) is 3.02. The highest BCUT2D eigenvalue weighted by molar-refractivity contribution is 7.16. The minimum atomic E-state index is -0.637. The molecule has 0 aliphatic carbocycles. The van der Waals surface area contributed by atoms with Gasteiger partial charge in [0.25, 0.3) is 5.69 Å². The van der Waals surface area contributed by atoms with Gasteiger partial charge in [0.2, 0.25) is 5.91 Å². The van der Waals surface area contributed by atoms with Gasteiger partial charge in [0.05, 0.1) is 9.26 Å². The molecule has 0 aliphatic heterocycles. The minimum absolute atomic E-state index is 0.113. The van der Waals surface area contributed by atoms with Crippen LogP contribution in [-0.4, -0.2) is 10.8 Å². The van der Waals surface area contributed by atoms with Gasteiger partial charge in [0.15, 0.2) is 0 Å². The van der Waals surface area contributed by atoms with Gasteiger partial charge in [-0.25, -0.2) is 0 Å². The summed E-state index contributed by atoms with van der Waals surface area (Å²) in [6, 6.07) is 7.52. The molecule has 0 radical (unpaired) electrons. The van der Waals surface area contributed by atoms with Gasteiger partial charge in [-0.05, 0) is 24.3 Å². The van der Waals surface area contributed by atoms with E-state index >= 15 is 0 Å². The maximum absolute atomic E-state index is 11.1. The average Bonchev–Trinajstić information content (AvgIpc) is 2.81. The SMILES string of the molecule is NC(=O)c1ccc([N+](=O)[O-])c(NCc2ccc(Cl)s2)c1. The van der Waals surface area contributed by atoms with Crippen LogP contribution in [0.25, 0.3) is 0 Å². The largest absolute Gasteiger partial charge is 0.375 e. The van der Waals surface area contributed by atoms with Gasteiger partial charge in [-0.1, -0.05) is 11.6 Å². The summed E-state index contributed by atoms with van der Waals surface area (Å²) >= 11 is 7.19. The van der Waals surface area contributed by atoms with Crippen molar-refractivity contribution in [2.24, 2.45) is 5.73 Å². The molecule has 2 aromatic rings. The minimum Gasteiger partial charge on any atom is -0.375 e. The molecule has 0 spiro atoms. The summed E-state index contributed by atoms with van der Waals surface area (Å²) in [6.07, 6.45) is 0. The zero-order valence-corrected chi connectivity index (χ0v) is 11.7. The molecule has 0 aliphatic rings. The van der Waals surface area contributed by atoms with Crippen LogP contribution in [0.2, 0.25) is 4.34 Å². The number of nitrogens with zero attached hydrogens (tertiary/aromatic N) is 1. The zero-order chi connectivity index (χ0) is 14.7. The highest BCUT2D eigenvalue weighted by atomic mass is 35.5. The Morgan fingerprint density at radius 3 is 2.70 bits per heavy atom. The fraction of sp³-hybridized carbons (Fsp3) is 0.0833. The molecule has 1 heterocycles. The molecule has 8 heteroatoms. The average molecular weight is 312 g/mol. The molecule has 0 atom stereocenters. The fourth-order valence-electron chi connectivity index (χ4n) is 1.62. The highest BCUT2D eigenvalue weighted by Crippen LogP contribution is 2.27. The summed E-state index contributed by atoms with van der Waals surface area (Å²) in [6.45, 7) is 0.375. The number of hydrogen-bond donors (Lipinski definition) is 2. The second-order valence-corrected chi connectivity index (χ2v) is 5.71. The van der Waals surface area contributed by atoms with Crippen molar-refractivity contribution >= 4 is 40.2 Å². The highest BCUT2D eigenvalue weighted by Gasteiger charge is 2.15. The topological polar surface area (TPSA) is 98.3 Å². The lowest BCUT2D eigenvalue weighted by molar-refractivity contribution is -0.384. The predicted molar refractivity (Wildman–Crippen MR) is 78.3 cm³/mol. The second-order valence-electron chi connectivity index (χ2n) is 3.91. The number of carbonyl (C=O) groups is 1. The molecule has 1 aromatic carbocycles. The smallest absolute Gasteiger partial charge is 0.292 e. The van der Waals surface area contributed by atoms with Gasteiger partial charge in [0.1, 0.15) is 5.69 Å². The van der Waals surface area contributed by atoms with Crippen LogP contribution in [0.3, 0.4) is 0 Å². The summed E-state index contributed by atoms with van der Waals surface area (Å²) in [7, 11) is 0. The number of nitro benzene ring substituents is 1. The van der Waals surface area contributed by atoms with Gasteiger partial charge in [-0.2, -0.15) is 0 Å². The van der Waals surface area contributed by atoms with Crippen molar-refractivity contribution in [1.29, 1.82) is 0 Å². The van der Waals surface area contributed by atoms with E-state index in [1.807, 2.05) is 6.07 Å². The Balaban J connectivity index is 2.25. The first kappa shape index (κ1) is 14.3. The van der Waals surface area contributed by atoms with Crippen molar-refractivity contribution in [3.63, 3.8) is 0 Å². The van der Waals surface area contributed by atoms with Crippen LogP contribution >= 0.6 is 22.9 Å². The molecule has 6 nitrogen and oxygen atoms in total. The van der Waals surface area contributed by atoms with E-state index in [1.165, 1.54) is 29.5 Å². The van der Waals surface area contributed by atoms with E-state index in [-0.39, 0.29) is 16.9 Å². The Morgan fingerprint density at radius 1 is 1.40 bits per heavy atom. The molecule has 0 unspecified atom stereocenters. The Bertz CT molecular complexity index is 672.